The van der Waals surface area contributed by atoms with Crippen molar-refractivity contribution in [1.29, 1.82) is 0 Å². The van der Waals surface area contributed by atoms with Crippen molar-refractivity contribution in [1.82, 2.24) is 20.3 Å². The van der Waals surface area contributed by atoms with Crippen molar-refractivity contribution in [3.05, 3.63) is 70.4 Å². The van der Waals surface area contributed by atoms with Gasteiger partial charge in [-0.15, -0.1) is 0 Å². The fourth-order valence-electron chi connectivity index (χ4n) is 4.18. The van der Waals surface area contributed by atoms with Crippen molar-refractivity contribution >= 4 is 11.7 Å². The average molecular weight is 425 g/mol. The van der Waals surface area contributed by atoms with Crippen LogP contribution < -0.4 is 10.2 Å². The number of nitrogens with one attached hydrogen (secondary N) is 1. The van der Waals surface area contributed by atoms with E-state index in [2.05, 4.69) is 20.2 Å². The lowest BCUT2D eigenvalue weighted by molar-refractivity contribution is -0.137. The molecule has 5 heterocycles. The van der Waals surface area contributed by atoms with E-state index in [1.165, 1.54) is 12.4 Å². The number of rotatable bonds is 2. The van der Waals surface area contributed by atoms with Crippen LogP contribution in [0.15, 0.2) is 36.8 Å². The second kappa shape index (κ2) is 7.04. The van der Waals surface area contributed by atoms with E-state index in [0.717, 1.165) is 34.9 Å². The van der Waals surface area contributed by atoms with Gasteiger partial charge in [0.15, 0.2) is 0 Å². The summed E-state index contributed by atoms with van der Waals surface area (Å²) in [5.41, 5.74) is 3.59. The molecule has 1 amide bonds. The molecule has 0 aliphatic carbocycles. The standard InChI is InChI=1S/C22H18F3N5O/c1-12-6-15-19(10-28-21(15)31)29-20(12)30-5-3-18-14(11-30)7-13(8-27-18)16-9-26-4-2-17(16)22(23,24)25/h2,4,6-9H,3,5,10-11H2,1H3,(H,28,31). The third-order valence-electron chi connectivity index (χ3n) is 5.70. The second-order valence-electron chi connectivity index (χ2n) is 7.73. The van der Waals surface area contributed by atoms with Crippen LogP contribution in [0, 0.1) is 6.92 Å². The first-order valence-electron chi connectivity index (χ1n) is 9.84. The lowest BCUT2D eigenvalue weighted by Gasteiger charge is -2.31. The van der Waals surface area contributed by atoms with Crippen molar-refractivity contribution < 1.29 is 18.0 Å². The summed E-state index contributed by atoms with van der Waals surface area (Å²) < 4.78 is 40.3. The number of aryl methyl sites for hydroxylation is 1. The molecule has 0 spiro atoms. The van der Waals surface area contributed by atoms with Gasteiger partial charge < -0.3 is 10.2 Å². The number of carbonyl (C=O) groups is 1. The molecule has 0 radical (unpaired) electrons. The third-order valence-corrected chi connectivity index (χ3v) is 5.70. The summed E-state index contributed by atoms with van der Waals surface area (Å²) in [6, 6.07) is 4.58. The fourth-order valence-corrected chi connectivity index (χ4v) is 4.18. The number of nitrogens with zero attached hydrogens (tertiary/aromatic N) is 4. The zero-order valence-corrected chi connectivity index (χ0v) is 16.6. The van der Waals surface area contributed by atoms with Crippen LogP contribution in [-0.2, 0) is 25.7 Å². The van der Waals surface area contributed by atoms with Gasteiger partial charge in [-0.1, -0.05) is 0 Å². The Morgan fingerprint density at radius 2 is 1.97 bits per heavy atom. The van der Waals surface area contributed by atoms with Gasteiger partial charge in [0.25, 0.3) is 5.91 Å². The average Bonchev–Trinajstić information content (AvgIpc) is 3.11. The van der Waals surface area contributed by atoms with Gasteiger partial charge >= 0.3 is 6.18 Å². The Balaban J connectivity index is 1.50. The van der Waals surface area contributed by atoms with Gasteiger partial charge in [-0.2, -0.15) is 13.2 Å². The first-order valence-corrected chi connectivity index (χ1v) is 9.84. The minimum absolute atomic E-state index is 0.0128. The molecule has 5 rings (SSSR count). The van der Waals surface area contributed by atoms with E-state index in [9.17, 15) is 18.0 Å². The number of halogens is 3. The third kappa shape index (κ3) is 3.39. The Kier molecular flexibility index (Phi) is 4.42. The van der Waals surface area contributed by atoms with Crippen molar-refractivity contribution in [2.45, 2.75) is 32.6 Å². The second-order valence-corrected chi connectivity index (χ2v) is 7.73. The molecule has 0 atom stereocenters. The smallest absolute Gasteiger partial charge is 0.352 e. The van der Waals surface area contributed by atoms with Crippen LogP contribution >= 0.6 is 0 Å². The monoisotopic (exact) mass is 425 g/mol. The summed E-state index contributed by atoms with van der Waals surface area (Å²) in [5, 5.41) is 2.77. The number of alkyl halides is 3. The van der Waals surface area contributed by atoms with Crippen molar-refractivity contribution in [3.63, 3.8) is 0 Å². The molecule has 3 aromatic heterocycles. The number of hydrogen-bond acceptors (Lipinski definition) is 5. The molecule has 0 saturated heterocycles. The summed E-state index contributed by atoms with van der Waals surface area (Å²) in [6.07, 6.45) is 0.0308. The molecule has 3 aromatic rings. The molecule has 0 saturated carbocycles. The molecule has 1 N–H and O–H groups in total. The number of pyridine rings is 3. The van der Waals surface area contributed by atoms with Crippen LogP contribution in [0.4, 0.5) is 19.0 Å². The minimum Gasteiger partial charge on any atom is -0.352 e. The topological polar surface area (TPSA) is 71.0 Å². The van der Waals surface area contributed by atoms with E-state index in [0.29, 0.717) is 42.9 Å². The highest BCUT2D eigenvalue weighted by molar-refractivity contribution is 5.98. The minimum atomic E-state index is -4.48. The van der Waals surface area contributed by atoms with E-state index < -0.39 is 11.7 Å². The Morgan fingerprint density at radius 3 is 2.77 bits per heavy atom. The van der Waals surface area contributed by atoms with Gasteiger partial charge in [-0.05, 0) is 36.2 Å². The fraction of sp³-hybridized carbons (Fsp3) is 0.273. The first-order chi connectivity index (χ1) is 14.8. The Morgan fingerprint density at radius 1 is 1.13 bits per heavy atom. The maximum atomic E-state index is 13.4. The lowest BCUT2D eigenvalue weighted by atomic mass is 9.98. The van der Waals surface area contributed by atoms with Gasteiger partial charge in [-0.25, -0.2) is 4.98 Å². The summed E-state index contributed by atoms with van der Waals surface area (Å²) in [4.78, 5) is 27.0. The molecule has 0 bridgehead atoms. The molecule has 158 valence electrons. The molecule has 0 fully saturated rings. The number of amides is 1. The molecule has 0 unspecified atom stereocenters. The zero-order chi connectivity index (χ0) is 21.8. The van der Waals surface area contributed by atoms with Gasteiger partial charge in [-0.3, -0.25) is 14.8 Å². The van der Waals surface area contributed by atoms with Crippen LogP contribution in [0.5, 0.6) is 0 Å². The summed E-state index contributed by atoms with van der Waals surface area (Å²) in [7, 11) is 0. The van der Waals surface area contributed by atoms with Crippen LogP contribution in [0.3, 0.4) is 0 Å². The van der Waals surface area contributed by atoms with Gasteiger partial charge in [0, 0.05) is 54.9 Å². The molecule has 2 aliphatic rings. The molecule has 9 heteroatoms. The molecular formula is C22H18F3N5O. The molecule has 2 aliphatic heterocycles. The van der Waals surface area contributed by atoms with E-state index in [1.807, 2.05) is 13.0 Å². The lowest BCUT2D eigenvalue weighted by Crippen LogP contribution is -2.32. The summed E-state index contributed by atoms with van der Waals surface area (Å²) in [5.74, 6) is 0.663. The maximum Gasteiger partial charge on any atom is 0.417 e. The highest BCUT2D eigenvalue weighted by atomic mass is 19.4. The molecular weight excluding hydrogens is 407 g/mol. The van der Waals surface area contributed by atoms with Crippen molar-refractivity contribution in [3.8, 4) is 11.1 Å². The highest BCUT2D eigenvalue weighted by Crippen LogP contribution is 2.37. The van der Waals surface area contributed by atoms with Gasteiger partial charge in [0.2, 0.25) is 0 Å². The summed E-state index contributed by atoms with van der Waals surface area (Å²) >= 11 is 0. The van der Waals surface area contributed by atoms with E-state index in [4.69, 9.17) is 4.98 Å². The normalized spacial score (nSPS) is 15.5. The highest BCUT2D eigenvalue weighted by Gasteiger charge is 2.34. The van der Waals surface area contributed by atoms with E-state index in [1.54, 1.807) is 6.07 Å². The first kappa shape index (κ1) is 19.5. The van der Waals surface area contributed by atoms with E-state index in [-0.39, 0.29) is 11.5 Å². The predicted octanol–water partition coefficient (Wildman–Crippen LogP) is 3.67. The number of fused-ring (bicyclic) bond motifs is 2. The van der Waals surface area contributed by atoms with Gasteiger partial charge in [0.05, 0.1) is 23.4 Å². The van der Waals surface area contributed by atoms with E-state index >= 15 is 0 Å². The number of hydrogen-bond donors (Lipinski definition) is 1. The molecule has 0 aromatic carbocycles. The quantitative estimate of drug-likeness (QED) is 0.679. The SMILES string of the molecule is Cc1cc2c(nc1N1CCc3ncc(-c4cnccc4C(F)(F)F)cc3C1)CNC2=O. The largest absolute Gasteiger partial charge is 0.417 e. The Bertz CT molecular complexity index is 1210. The van der Waals surface area contributed by atoms with Crippen LogP contribution in [0.25, 0.3) is 11.1 Å². The van der Waals surface area contributed by atoms with Gasteiger partial charge in [0.1, 0.15) is 5.82 Å². The van der Waals surface area contributed by atoms with Crippen LogP contribution in [0.2, 0.25) is 0 Å². The Labute approximate surface area is 176 Å². The molecule has 31 heavy (non-hydrogen) atoms. The molecule has 6 nitrogen and oxygen atoms in total. The van der Waals surface area contributed by atoms with Crippen LogP contribution in [-0.4, -0.2) is 27.4 Å². The van der Waals surface area contributed by atoms with Crippen molar-refractivity contribution in [2.24, 2.45) is 0 Å². The van der Waals surface area contributed by atoms with Crippen LogP contribution in [0.1, 0.15) is 38.4 Å². The predicted molar refractivity (Wildman–Crippen MR) is 107 cm³/mol. The number of carbonyl (C=O) groups excluding carboxylic acids is 1. The zero-order valence-electron chi connectivity index (χ0n) is 16.6. The number of anilines is 1. The summed E-state index contributed by atoms with van der Waals surface area (Å²) in [6.45, 7) is 3.47. The number of aromatic nitrogens is 3. The maximum absolute atomic E-state index is 13.4. The Hall–Kier alpha value is -3.49. The van der Waals surface area contributed by atoms with Crippen molar-refractivity contribution in [2.75, 3.05) is 11.4 Å².